The van der Waals surface area contributed by atoms with Crippen LogP contribution >= 0.6 is 34.8 Å². The first-order valence-corrected chi connectivity index (χ1v) is 14.7. The molecule has 0 saturated heterocycles. The second-order valence-electron chi connectivity index (χ2n) is 11.0. The molecule has 1 N–H and O–H groups in total. The molecule has 1 aliphatic rings. The number of carbonyl (C=O) groups excluding carboxylic acids is 3. The third-order valence-electron chi connectivity index (χ3n) is 7.61. The van der Waals surface area contributed by atoms with Gasteiger partial charge in [0.1, 0.15) is 27.6 Å². The van der Waals surface area contributed by atoms with E-state index in [0.717, 1.165) is 31.2 Å². The fraction of sp³-hybridized carbons (Fsp3) is 0.323. The van der Waals surface area contributed by atoms with Crippen LogP contribution in [0.5, 0.6) is 0 Å². The van der Waals surface area contributed by atoms with Crippen molar-refractivity contribution in [3.05, 3.63) is 98.8 Å². The molecule has 4 nitrogen and oxygen atoms in total. The SMILES string of the molecule is CC(CC(=O)Cc1c(F)ccc(CC(=O)c2cc(NC(=O)[C@H]3[C@H](c4ccc(F)c(C(F)(F)F)c4)C3(Cl)Cl)ccc2Cl)c1F)C(F)(F)F. The molecule has 0 heterocycles. The van der Waals surface area contributed by atoms with E-state index < -0.39 is 99.8 Å². The Morgan fingerprint density at radius 2 is 1.53 bits per heavy atom. The molecule has 0 radical (unpaired) electrons. The van der Waals surface area contributed by atoms with Gasteiger partial charge in [-0.15, -0.1) is 23.2 Å². The van der Waals surface area contributed by atoms with Crippen molar-refractivity contribution in [2.24, 2.45) is 11.8 Å². The lowest BCUT2D eigenvalue weighted by Gasteiger charge is -2.15. The van der Waals surface area contributed by atoms with Crippen molar-refractivity contribution in [2.45, 2.75) is 48.8 Å². The van der Waals surface area contributed by atoms with Crippen LogP contribution in [0.2, 0.25) is 5.02 Å². The minimum atomic E-state index is -5.02. The molecule has 1 unspecified atom stereocenters. The summed E-state index contributed by atoms with van der Waals surface area (Å²) in [6.07, 6.45) is -12.4. The van der Waals surface area contributed by atoms with Crippen LogP contribution in [0.4, 0.5) is 45.2 Å². The number of carbonyl (C=O) groups is 3. The maximum absolute atomic E-state index is 15.2. The molecular weight excluding hydrogens is 712 g/mol. The summed E-state index contributed by atoms with van der Waals surface area (Å²) in [5.74, 6) is -11.3. The molecule has 0 spiro atoms. The number of halogens is 12. The van der Waals surface area contributed by atoms with Gasteiger partial charge in [0.2, 0.25) is 5.91 Å². The van der Waals surface area contributed by atoms with Gasteiger partial charge in [-0.1, -0.05) is 30.7 Å². The second-order valence-corrected chi connectivity index (χ2v) is 12.9. The van der Waals surface area contributed by atoms with Crippen molar-refractivity contribution in [2.75, 3.05) is 5.32 Å². The molecule has 1 saturated carbocycles. The minimum absolute atomic E-state index is 0.0442. The highest BCUT2D eigenvalue weighted by molar-refractivity contribution is 6.53. The first-order chi connectivity index (χ1) is 21.6. The van der Waals surface area contributed by atoms with E-state index >= 15 is 4.39 Å². The minimum Gasteiger partial charge on any atom is -0.326 e. The zero-order chi connectivity index (χ0) is 35.2. The molecule has 3 aromatic rings. The maximum atomic E-state index is 15.2. The predicted octanol–water partition coefficient (Wildman–Crippen LogP) is 9.43. The highest BCUT2D eigenvalue weighted by Crippen LogP contribution is 2.65. The van der Waals surface area contributed by atoms with Crippen molar-refractivity contribution in [1.82, 2.24) is 0 Å². The summed E-state index contributed by atoms with van der Waals surface area (Å²) in [7, 11) is 0. The zero-order valence-corrected chi connectivity index (χ0v) is 26.0. The molecule has 4 rings (SSSR count). The van der Waals surface area contributed by atoms with E-state index in [-0.39, 0.29) is 27.4 Å². The van der Waals surface area contributed by atoms with E-state index in [4.69, 9.17) is 34.8 Å². The van der Waals surface area contributed by atoms with Crippen molar-refractivity contribution >= 4 is 58.0 Å². The summed E-state index contributed by atoms with van der Waals surface area (Å²) in [5, 5.41) is 2.27. The molecule has 252 valence electrons. The zero-order valence-electron chi connectivity index (χ0n) is 23.7. The van der Waals surface area contributed by atoms with Crippen LogP contribution in [0.1, 0.15) is 51.9 Å². The quantitative estimate of drug-likeness (QED) is 0.128. The molecule has 0 aromatic heterocycles. The van der Waals surface area contributed by atoms with E-state index in [2.05, 4.69) is 5.32 Å². The lowest BCUT2D eigenvalue weighted by molar-refractivity contribution is -0.173. The number of alkyl halides is 8. The van der Waals surface area contributed by atoms with E-state index in [0.29, 0.717) is 12.1 Å². The number of hydrogen-bond donors (Lipinski definition) is 1. The van der Waals surface area contributed by atoms with Crippen LogP contribution in [-0.2, 0) is 28.6 Å². The first-order valence-electron chi connectivity index (χ1n) is 13.5. The smallest absolute Gasteiger partial charge is 0.326 e. The van der Waals surface area contributed by atoms with Crippen LogP contribution < -0.4 is 5.32 Å². The average molecular weight is 733 g/mol. The van der Waals surface area contributed by atoms with Gasteiger partial charge >= 0.3 is 12.4 Å². The largest absolute Gasteiger partial charge is 0.419 e. The van der Waals surface area contributed by atoms with Gasteiger partial charge in [0, 0.05) is 42.0 Å². The molecule has 1 fully saturated rings. The summed E-state index contributed by atoms with van der Waals surface area (Å²) >= 11 is 18.6. The molecule has 1 aliphatic carbocycles. The fourth-order valence-electron chi connectivity index (χ4n) is 5.00. The topological polar surface area (TPSA) is 63.2 Å². The van der Waals surface area contributed by atoms with Crippen molar-refractivity contribution in [3.63, 3.8) is 0 Å². The summed E-state index contributed by atoms with van der Waals surface area (Å²) < 4.78 is 119. The van der Waals surface area contributed by atoms with Crippen LogP contribution in [0, 0.1) is 29.3 Å². The fourth-order valence-corrected chi connectivity index (χ4v) is 6.05. The third-order valence-corrected chi connectivity index (χ3v) is 8.88. The molecule has 0 aliphatic heterocycles. The lowest BCUT2D eigenvalue weighted by atomic mass is 9.95. The van der Waals surface area contributed by atoms with Crippen LogP contribution in [-0.4, -0.2) is 28.0 Å². The summed E-state index contributed by atoms with van der Waals surface area (Å²) in [4.78, 5) is 38.3. The van der Waals surface area contributed by atoms with Gasteiger partial charge < -0.3 is 5.32 Å². The molecule has 3 atom stereocenters. The van der Waals surface area contributed by atoms with Gasteiger partial charge in [0.05, 0.1) is 22.4 Å². The second kappa shape index (κ2) is 13.3. The highest BCUT2D eigenvalue weighted by Gasteiger charge is 2.67. The first kappa shape index (κ1) is 36.5. The van der Waals surface area contributed by atoms with Crippen LogP contribution in [0.3, 0.4) is 0 Å². The molecule has 1 amide bonds. The number of rotatable bonds is 10. The van der Waals surface area contributed by atoms with Gasteiger partial charge in [-0.25, -0.2) is 13.2 Å². The Morgan fingerprint density at radius 3 is 2.15 bits per heavy atom. The van der Waals surface area contributed by atoms with Gasteiger partial charge in [-0.2, -0.15) is 26.3 Å². The summed E-state index contributed by atoms with van der Waals surface area (Å²) in [6.45, 7) is 0.753. The standard InChI is InChI=1S/C31H21Cl3F9NO3/c1-13(30(38,39)40)8-17(45)12-19-22(35)6-3-15(27(19)37)10-24(46)18-11-16(4-5-21(18)32)44-28(47)26-25(29(26,33)34)14-2-7-23(36)20(9-14)31(41,42)43/h2-7,9,11,13,25-26H,8,10,12H2,1H3,(H,44,47)/t13?,25-,26+/m0/s1. The summed E-state index contributed by atoms with van der Waals surface area (Å²) in [6, 6.07) is 7.34. The number of benzene rings is 3. The Balaban J connectivity index is 1.50. The van der Waals surface area contributed by atoms with Crippen molar-refractivity contribution < 1.29 is 53.9 Å². The average Bonchev–Trinajstić information content (AvgIpc) is 3.54. The van der Waals surface area contributed by atoms with Gasteiger partial charge in [-0.3, -0.25) is 14.4 Å². The monoisotopic (exact) mass is 731 g/mol. The third kappa shape index (κ3) is 8.06. The number of ketones is 2. The number of amides is 1. The Bertz CT molecular complexity index is 1740. The van der Waals surface area contributed by atoms with Gasteiger partial charge in [-0.05, 0) is 47.5 Å². The van der Waals surface area contributed by atoms with E-state index in [1.165, 1.54) is 12.1 Å². The lowest BCUT2D eigenvalue weighted by Crippen LogP contribution is -2.23. The number of hydrogen-bond acceptors (Lipinski definition) is 3. The van der Waals surface area contributed by atoms with E-state index in [1.807, 2.05) is 0 Å². The Morgan fingerprint density at radius 1 is 0.894 bits per heavy atom. The Kier molecular flexibility index (Phi) is 10.4. The van der Waals surface area contributed by atoms with E-state index in [1.54, 1.807) is 0 Å². The molecule has 16 heteroatoms. The molecule has 0 bridgehead atoms. The number of nitrogens with one attached hydrogen (secondary N) is 1. The molecule has 47 heavy (non-hydrogen) atoms. The van der Waals surface area contributed by atoms with Crippen molar-refractivity contribution in [3.8, 4) is 0 Å². The molecule has 3 aromatic carbocycles. The molecular formula is C31H21Cl3F9NO3. The maximum Gasteiger partial charge on any atom is 0.419 e. The van der Waals surface area contributed by atoms with Crippen LogP contribution in [0.25, 0.3) is 0 Å². The van der Waals surface area contributed by atoms with Gasteiger partial charge in [0.25, 0.3) is 0 Å². The Hall–Kier alpha value is -3.29. The number of anilines is 1. The van der Waals surface area contributed by atoms with Crippen molar-refractivity contribution in [1.29, 1.82) is 0 Å². The predicted molar refractivity (Wildman–Crippen MR) is 155 cm³/mol. The van der Waals surface area contributed by atoms with Gasteiger partial charge in [0.15, 0.2) is 5.78 Å². The van der Waals surface area contributed by atoms with Crippen LogP contribution in [0.15, 0.2) is 48.5 Å². The normalized spacial score (nSPS) is 18.1. The highest BCUT2D eigenvalue weighted by atomic mass is 35.5. The Labute approximate surface area is 276 Å². The van der Waals surface area contributed by atoms with E-state index in [9.17, 15) is 49.5 Å². The summed E-state index contributed by atoms with van der Waals surface area (Å²) in [5.41, 5.74) is -3.20. The number of Topliss-reactive ketones (excluding diaryl/α,β-unsaturated/α-hetero) is 2.